The molecule has 0 heteroatoms. The van der Waals surface area contributed by atoms with Crippen LogP contribution in [0.25, 0.3) is 0 Å². The molecule has 0 N–H and O–H groups in total. The molecule has 76 valence electrons. The maximum Gasteiger partial charge on any atom is -0.0266 e. The lowest BCUT2D eigenvalue weighted by molar-refractivity contribution is 1.50. The van der Waals surface area contributed by atoms with Crippen LogP contribution < -0.4 is 0 Å². The van der Waals surface area contributed by atoms with Crippen molar-refractivity contribution in [2.45, 2.75) is 34.6 Å². The molecule has 0 spiro atoms. The Morgan fingerprint density at radius 2 is 1.31 bits per heavy atom. The lowest BCUT2D eigenvalue weighted by atomic mass is 10.1. The number of hydrogen-bond acceptors (Lipinski definition) is 0. The normalized spacial score (nSPS) is 7.46. The highest BCUT2D eigenvalue weighted by molar-refractivity contribution is 5.41. The van der Waals surface area contributed by atoms with Crippen LogP contribution in [-0.2, 0) is 0 Å². The highest BCUT2D eigenvalue weighted by Crippen LogP contribution is 2.06. The van der Waals surface area contributed by atoms with Crippen molar-refractivity contribution in [2.24, 2.45) is 0 Å². The predicted molar refractivity (Wildman–Crippen MR) is 66.0 cm³/mol. The van der Waals surface area contributed by atoms with Crippen LogP contribution in [-0.4, -0.2) is 0 Å². The molecule has 0 bridgehead atoms. The zero-order chi connectivity index (χ0) is 11.3. The summed E-state index contributed by atoms with van der Waals surface area (Å²) < 4.78 is 0. The fourth-order valence-electron chi connectivity index (χ4n) is 0.439. The zero-order valence-electron chi connectivity index (χ0n) is 9.85. The molecule has 0 aliphatic rings. The monoisotopic (exact) mass is 180 g/mol. The number of allylic oxidation sites excluding steroid dienone is 5. The average Bonchev–Trinajstić information content (AvgIpc) is 2.23. The molecule has 0 atom stereocenters. The maximum absolute atomic E-state index is 3.76. The van der Waals surface area contributed by atoms with E-state index in [1.54, 1.807) is 6.08 Å². The molecule has 0 aliphatic carbocycles. The first-order valence-corrected chi connectivity index (χ1v) is 4.85. The second kappa shape index (κ2) is 17.2. The molecule has 0 aliphatic heterocycles. The van der Waals surface area contributed by atoms with E-state index < -0.39 is 0 Å². The van der Waals surface area contributed by atoms with E-state index in [9.17, 15) is 0 Å². The summed E-state index contributed by atoms with van der Waals surface area (Å²) in [6.07, 6.45) is 5.53. The highest BCUT2D eigenvalue weighted by Gasteiger charge is 1.86. The van der Waals surface area contributed by atoms with Gasteiger partial charge in [0, 0.05) is 0 Å². The Morgan fingerprint density at radius 3 is 1.54 bits per heavy atom. The van der Waals surface area contributed by atoms with Crippen molar-refractivity contribution in [1.82, 2.24) is 0 Å². The summed E-state index contributed by atoms with van der Waals surface area (Å²) in [5.74, 6) is 0. The topological polar surface area (TPSA) is 0 Å². The summed E-state index contributed by atoms with van der Waals surface area (Å²) in [5.41, 5.74) is 1.81. The SMILES string of the molecule is C=CC(=C)C(=C)/C=C\C.CC.CC. The van der Waals surface area contributed by atoms with E-state index >= 15 is 0 Å². The molecule has 0 fully saturated rings. The maximum atomic E-state index is 3.76. The standard InChI is InChI=1S/C9H12.2C2H6/c1-5-7-9(4)8(3)6-2;2*1-2/h5-7H,2-4H2,1H3;2*1-2H3/b7-5-;;. The average molecular weight is 180 g/mol. The van der Waals surface area contributed by atoms with E-state index in [0.717, 1.165) is 11.1 Å². The van der Waals surface area contributed by atoms with E-state index in [1.807, 2.05) is 46.8 Å². The molecule has 0 aromatic carbocycles. The van der Waals surface area contributed by atoms with Crippen molar-refractivity contribution in [2.75, 3.05) is 0 Å². The van der Waals surface area contributed by atoms with Gasteiger partial charge in [-0.05, 0) is 18.1 Å². The first-order valence-electron chi connectivity index (χ1n) is 4.85. The van der Waals surface area contributed by atoms with E-state index in [1.165, 1.54) is 0 Å². The molecule has 0 heterocycles. The second-order valence-corrected chi connectivity index (χ2v) is 1.75. The van der Waals surface area contributed by atoms with Crippen molar-refractivity contribution < 1.29 is 0 Å². The highest BCUT2D eigenvalue weighted by atomic mass is 13.9. The van der Waals surface area contributed by atoms with Gasteiger partial charge in [-0.3, -0.25) is 0 Å². The van der Waals surface area contributed by atoms with Gasteiger partial charge in [0.15, 0.2) is 0 Å². The van der Waals surface area contributed by atoms with Crippen LogP contribution in [0.5, 0.6) is 0 Å². The minimum absolute atomic E-state index is 0.883. The summed E-state index contributed by atoms with van der Waals surface area (Å²) in [7, 11) is 0. The Hall–Kier alpha value is -1.04. The summed E-state index contributed by atoms with van der Waals surface area (Å²) in [4.78, 5) is 0. The molecule has 0 amide bonds. The van der Waals surface area contributed by atoms with Crippen LogP contribution in [0.1, 0.15) is 34.6 Å². The lowest BCUT2D eigenvalue weighted by Crippen LogP contribution is -1.74. The quantitative estimate of drug-likeness (QED) is 0.541. The summed E-state index contributed by atoms with van der Waals surface area (Å²) in [5, 5.41) is 0. The summed E-state index contributed by atoms with van der Waals surface area (Å²) >= 11 is 0. The van der Waals surface area contributed by atoms with Gasteiger partial charge in [0.25, 0.3) is 0 Å². The molecule has 0 aromatic rings. The first kappa shape index (κ1) is 17.9. The van der Waals surface area contributed by atoms with E-state index in [-0.39, 0.29) is 0 Å². The molecule has 0 unspecified atom stereocenters. The molecule has 0 saturated heterocycles. The van der Waals surface area contributed by atoms with Gasteiger partial charge in [-0.2, -0.15) is 0 Å². The molecule has 0 saturated carbocycles. The Labute approximate surface area is 84.4 Å². The van der Waals surface area contributed by atoms with Crippen LogP contribution in [0, 0.1) is 0 Å². The molecule has 0 radical (unpaired) electrons. The third kappa shape index (κ3) is 13.9. The lowest BCUT2D eigenvalue weighted by Gasteiger charge is -1.94. The van der Waals surface area contributed by atoms with E-state index in [2.05, 4.69) is 19.7 Å². The van der Waals surface area contributed by atoms with Crippen molar-refractivity contribution in [3.05, 3.63) is 49.1 Å². The predicted octanol–water partition coefficient (Wildman–Crippen LogP) is 4.91. The van der Waals surface area contributed by atoms with Gasteiger partial charge in [0.1, 0.15) is 0 Å². The third-order valence-electron chi connectivity index (χ3n) is 1.03. The number of rotatable bonds is 3. The van der Waals surface area contributed by atoms with Crippen molar-refractivity contribution >= 4 is 0 Å². The Bertz CT molecular complexity index is 159. The first-order chi connectivity index (χ1) is 6.22. The number of hydrogen-bond donors (Lipinski definition) is 0. The van der Waals surface area contributed by atoms with Gasteiger partial charge >= 0.3 is 0 Å². The molecule has 0 nitrogen and oxygen atoms in total. The van der Waals surface area contributed by atoms with Gasteiger partial charge in [0.2, 0.25) is 0 Å². The Balaban J connectivity index is -0.000000218. The van der Waals surface area contributed by atoms with Crippen molar-refractivity contribution in [3.8, 4) is 0 Å². The van der Waals surface area contributed by atoms with Crippen molar-refractivity contribution in [1.29, 1.82) is 0 Å². The fraction of sp³-hybridized carbons (Fsp3) is 0.385. The van der Waals surface area contributed by atoms with Crippen molar-refractivity contribution in [3.63, 3.8) is 0 Å². The fourth-order valence-corrected chi connectivity index (χ4v) is 0.439. The second-order valence-electron chi connectivity index (χ2n) is 1.75. The summed E-state index contributed by atoms with van der Waals surface area (Å²) in [6, 6.07) is 0. The molecule has 0 rings (SSSR count). The van der Waals surface area contributed by atoms with Crippen LogP contribution >= 0.6 is 0 Å². The van der Waals surface area contributed by atoms with E-state index in [4.69, 9.17) is 0 Å². The van der Waals surface area contributed by atoms with Gasteiger partial charge in [-0.1, -0.05) is 65.7 Å². The van der Waals surface area contributed by atoms with Gasteiger partial charge in [0.05, 0.1) is 0 Å². The minimum Gasteiger partial charge on any atom is -0.0985 e. The summed E-state index contributed by atoms with van der Waals surface area (Å²) in [6.45, 7) is 21.0. The smallest absolute Gasteiger partial charge is 0.0266 e. The zero-order valence-corrected chi connectivity index (χ0v) is 9.85. The van der Waals surface area contributed by atoms with Crippen LogP contribution in [0.15, 0.2) is 49.1 Å². The largest absolute Gasteiger partial charge is 0.0985 e. The van der Waals surface area contributed by atoms with Crippen LogP contribution in [0.2, 0.25) is 0 Å². The van der Waals surface area contributed by atoms with E-state index in [0.29, 0.717) is 0 Å². The van der Waals surface area contributed by atoms with Gasteiger partial charge < -0.3 is 0 Å². The molecular weight excluding hydrogens is 156 g/mol. The Morgan fingerprint density at radius 1 is 0.923 bits per heavy atom. The Kier molecular flexibility index (Phi) is 23.6. The third-order valence-corrected chi connectivity index (χ3v) is 1.03. The van der Waals surface area contributed by atoms with Crippen LogP contribution in [0.3, 0.4) is 0 Å². The molecule has 13 heavy (non-hydrogen) atoms. The van der Waals surface area contributed by atoms with Crippen LogP contribution in [0.4, 0.5) is 0 Å². The minimum atomic E-state index is 0.883. The molecular formula is C13H24. The van der Waals surface area contributed by atoms with Gasteiger partial charge in [-0.15, -0.1) is 0 Å². The van der Waals surface area contributed by atoms with Gasteiger partial charge in [-0.25, -0.2) is 0 Å². The molecule has 0 aromatic heterocycles.